The van der Waals surface area contributed by atoms with Gasteiger partial charge in [0, 0.05) is 32.5 Å². The van der Waals surface area contributed by atoms with E-state index in [1.165, 1.54) is 30.7 Å². The summed E-state index contributed by atoms with van der Waals surface area (Å²) in [7, 11) is 1.63. The fraction of sp³-hybridized carbons (Fsp3) is 0.800. The van der Waals surface area contributed by atoms with E-state index in [4.69, 9.17) is 0 Å². The molecule has 20 heavy (non-hydrogen) atoms. The van der Waals surface area contributed by atoms with Gasteiger partial charge in [0.25, 0.3) is 5.91 Å². The van der Waals surface area contributed by atoms with Crippen LogP contribution < -0.4 is 0 Å². The Balaban J connectivity index is 1.75. The number of likely N-dealkylation sites (tertiary alicyclic amines) is 1. The average Bonchev–Trinajstić information content (AvgIpc) is 2.49. The summed E-state index contributed by atoms with van der Waals surface area (Å²) in [4.78, 5) is 26.2. The number of carbonyl (C=O) groups excluding carboxylic acids is 2. The highest BCUT2D eigenvalue weighted by molar-refractivity contribution is 6.39. The molecule has 1 saturated heterocycles. The monoisotopic (exact) mass is 277 g/mol. The second kappa shape index (κ2) is 5.54. The number of hydrazone groups is 1. The molecule has 0 bridgehead atoms. The maximum Gasteiger partial charge on any atom is 0.270 e. The van der Waals surface area contributed by atoms with E-state index in [0.717, 1.165) is 19.4 Å². The van der Waals surface area contributed by atoms with Gasteiger partial charge < -0.3 is 4.90 Å². The van der Waals surface area contributed by atoms with Crippen LogP contribution in [0.4, 0.5) is 0 Å². The van der Waals surface area contributed by atoms with Gasteiger partial charge in [0.2, 0.25) is 5.91 Å². The predicted octanol–water partition coefficient (Wildman–Crippen LogP) is 1.78. The van der Waals surface area contributed by atoms with Crippen molar-refractivity contribution in [3.63, 3.8) is 0 Å². The second-order valence-corrected chi connectivity index (χ2v) is 6.22. The maximum absolute atomic E-state index is 12.7. The largest absolute Gasteiger partial charge is 0.334 e. The molecular weight excluding hydrogens is 254 g/mol. The van der Waals surface area contributed by atoms with Crippen molar-refractivity contribution in [1.29, 1.82) is 0 Å². The highest BCUT2D eigenvalue weighted by atomic mass is 16.2. The number of fused-ring (bicyclic) bond motifs is 1. The van der Waals surface area contributed by atoms with Crippen molar-refractivity contribution in [1.82, 2.24) is 9.91 Å². The van der Waals surface area contributed by atoms with Gasteiger partial charge >= 0.3 is 0 Å². The normalized spacial score (nSPS) is 30.9. The molecule has 2 atom stereocenters. The second-order valence-electron chi connectivity index (χ2n) is 6.22. The Hall–Kier alpha value is -1.39. The zero-order valence-corrected chi connectivity index (χ0v) is 12.2. The molecule has 110 valence electrons. The van der Waals surface area contributed by atoms with Gasteiger partial charge in [0.15, 0.2) is 0 Å². The maximum atomic E-state index is 12.7. The van der Waals surface area contributed by atoms with Crippen LogP contribution in [0.5, 0.6) is 0 Å². The van der Waals surface area contributed by atoms with Crippen molar-refractivity contribution in [2.75, 3.05) is 13.6 Å². The van der Waals surface area contributed by atoms with Gasteiger partial charge in [-0.3, -0.25) is 9.59 Å². The van der Waals surface area contributed by atoms with E-state index < -0.39 is 0 Å². The van der Waals surface area contributed by atoms with Crippen LogP contribution in [0, 0.1) is 5.92 Å². The van der Waals surface area contributed by atoms with Crippen molar-refractivity contribution >= 4 is 17.5 Å². The Bertz CT molecular complexity index is 444. The van der Waals surface area contributed by atoms with E-state index in [9.17, 15) is 9.59 Å². The molecule has 1 saturated carbocycles. The summed E-state index contributed by atoms with van der Waals surface area (Å²) in [5, 5.41) is 5.50. The molecule has 3 aliphatic rings. The van der Waals surface area contributed by atoms with Crippen molar-refractivity contribution in [2.24, 2.45) is 11.0 Å². The highest BCUT2D eigenvalue weighted by Gasteiger charge is 2.37. The molecule has 1 aliphatic carbocycles. The molecule has 0 radical (unpaired) electrons. The summed E-state index contributed by atoms with van der Waals surface area (Å²) in [6, 6.07) is 0.413. The first-order chi connectivity index (χ1) is 9.66. The molecule has 3 rings (SSSR count). The Morgan fingerprint density at radius 2 is 1.90 bits per heavy atom. The fourth-order valence-corrected chi connectivity index (χ4v) is 3.87. The SMILES string of the molecule is CN1N=C(C(=O)N2CCCC3CCCCC32)CCC1=O. The van der Waals surface area contributed by atoms with Crippen LogP contribution >= 0.6 is 0 Å². The third-order valence-corrected chi connectivity index (χ3v) is 4.96. The summed E-state index contributed by atoms with van der Waals surface area (Å²) in [5.74, 6) is 0.752. The lowest BCUT2D eigenvalue weighted by molar-refractivity contribution is -0.132. The van der Waals surface area contributed by atoms with Crippen LogP contribution in [0.1, 0.15) is 51.4 Å². The van der Waals surface area contributed by atoms with Crippen LogP contribution in [0.3, 0.4) is 0 Å². The first-order valence-corrected chi connectivity index (χ1v) is 7.82. The summed E-state index contributed by atoms with van der Waals surface area (Å²) in [5.41, 5.74) is 0.568. The molecule has 0 N–H and O–H groups in total. The number of hydrogen-bond donors (Lipinski definition) is 0. The van der Waals surface area contributed by atoms with Crippen molar-refractivity contribution in [2.45, 2.75) is 57.4 Å². The van der Waals surface area contributed by atoms with Gasteiger partial charge in [0.1, 0.15) is 5.71 Å². The molecular formula is C15H23N3O2. The lowest BCUT2D eigenvalue weighted by atomic mass is 9.78. The molecule has 5 nitrogen and oxygen atoms in total. The number of carbonyl (C=O) groups is 2. The van der Waals surface area contributed by atoms with E-state index in [2.05, 4.69) is 10.0 Å². The molecule has 2 amide bonds. The lowest BCUT2D eigenvalue weighted by Gasteiger charge is -2.44. The van der Waals surface area contributed by atoms with Crippen molar-refractivity contribution in [3.05, 3.63) is 0 Å². The molecule has 0 aromatic carbocycles. The quantitative estimate of drug-likeness (QED) is 0.733. The van der Waals surface area contributed by atoms with E-state index in [1.54, 1.807) is 7.05 Å². The molecule has 0 aromatic rings. The van der Waals surface area contributed by atoms with Crippen LogP contribution in [0.15, 0.2) is 5.10 Å². The minimum Gasteiger partial charge on any atom is -0.334 e. The van der Waals surface area contributed by atoms with Gasteiger partial charge in [-0.05, 0) is 31.6 Å². The third kappa shape index (κ3) is 2.45. The van der Waals surface area contributed by atoms with Crippen LogP contribution in [-0.4, -0.2) is 47.1 Å². The Kier molecular flexibility index (Phi) is 3.76. The van der Waals surface area contributed by atoms with E-state index in [-0.39, 0.29) is 11.8 Å². The number of amides is 2. The lowest BCUT2D eigenvalue weighted by Crippen LogP contribution is -2.52. The number of hydrogen-bond acceptors (Lipinski definition) is 3. The number of nitrogens with zero attached hydrogens (tertiary/aromatic N) is 3. The molecule has 0 spiro atoms. The Labute approximate surface area is 120 Å². The molecule has 2 aliphatic heterocycles. The zero-order chi connectivity index (χ0) is 14.1. The smallest absolute Gasteiger partial charge is 0.270 e. The Morgan fingerprint density at radius 1 is 1.15 bits per heavy atom. The standard InChI is InChI=1S/C15H23N3O2/c1-17-14(19)9-8-12(16-17)15(20)18-10-4-6-11-5-2-3-7-13(11)18/h11,13H,2-10H2,1H3. The first-order valence-electron chi connectivity index (χ1n) is 7.82. The summed E-state index contributed by atoms with van der Waals surface area (Å²) in [6.07, 6.45) is 8.21. The zero-order valence-electron chi connectivity index (χ0n) is 12.2. The van der Waals surface area contributed by atoms with E-state index in [1.807, 2.05) is 0 Å². The minimum atomic E-state index is -0.00395. The highest BCUT2D eigenvalue weighted by Crippen LogP contribution is 2.35. The van der Waals surface area contributed by atoms with Gasteiger partial charge in [-0.25, -0.2) is 5.01 Å². The Morgan fingerprint density at radius 3 is 2.70 bits per heavy atom. The topological polar surface area (TPSA) is 53.0 Å². The van der Waals surface area contributed by atoms with Gasteiger partial charge in [-0.15, -0.1) is 0 Å². The van der Waals surface area contributed by atoms with Crippen LogP contribution in [0.25, 0.3) is 0 Å². The fourth-order valence-electron chi connectivity index (χ4n) is 3.87. The number of rotatable bonds is 1. The van der Waals surface area contributed by atoms with Gasteiger partial charge in [-0.2, -0.15) is 5.10 Å². The summed E-state index contributed by atoms with van der Waals surface area (Å²) < 4.78 is 0. The van der Waals surface area contributed by atoms with Crippen molar-refractivity contribution < 1.29 is 9.59 Å². The molecule has 2 unspecified atom stereocenters. The predicted molar refractivity (Wildman–Crippen MR) is 76.1 cm³/mol. The van der Waals surface area contributed by atoms with E-state index in [0.29, 0.717) is 30.5 Å². The third-order valence-electron chi connectivity index (χ3n) is 4.96. The van der Waals surface area contributed by atoms with Crippen LogP contribution in [-0.2, 0) is 9.59 Å². The van der Waals surface area contributed by atoms with Crippen LogP contribution in [0.2, 0.25) is 0 Å². The molecule has 2 heterocycles. The summed E-state index contributed by atoms with van der Waals surface area (Å²) >= 11 is 0. The number of piperidine rings is 1. The molecule has 2 fully saturated rings. The molecule has 5 heteroatoms. The molecule has 0 aromatic heterocycles. The average molecular weight is 277 g/mol. The van der Waals surface area contributed by atoms with Crippen molar-refractivity contribution in [3.8, 4) is 0 Å². The van der Waals surface area contributed by atoms with Gasteiger partial charge in [-0.1, -0.05) is 12.8 Å². The summed E-state index contributed by atoms with van der Waals surface area (Å²) in [6.45, 7) is 0.858. The van der Waals surface area contributed by atoms with Gasteiger partial charge in [0.05, 0.1) is 0 Å². The first kappa shape index (κ1) is 13.6. The van der Waals surface area contributed by atoms with E-state index >= 15 is 0 Å². The minimum absolute atomic E-state index is 0.00395.